The number of nitrogens with zero attached hydrogens (tertiary/aromatic N) is 1. The number of rotatable bonds is 3. The summed E-state index contributed by atoms with van der Waals surface area (Å²) in [5.41, 5.74) is 5.60. The van der Waals surface area contributed by atoms with E-state index < -0.39 is 5.91 Å². The van der Waals surface area contributed by atoms with Crippen LogP contribution in [0.15, 0.2) is 24.5 Å². The van der Waals surface area contributed by atoms with Crippen LogP contribution >= 0.6 is 11.6 Å². The fourth-order valence-electron chi connectivity index (χ4n) is 0.904. The molecule has 1 aromatic rings. The van der Waals surface area contributed by atoms with E-state index in [1.807, 2.05) is 10.8 Å². The van der Waals surface area contributed by atoms with E-state index >= 15 is 0 Å². The number of primary amides is 1. The van der Waals surface area contributed by atoms with Crippen molar-refractivity contribution in [3.63, 3.8) is 0 Å². The quantitative estimate of drug-likeness (QED) is 0.535. The predicted octanol–water partition coefficient (Wildman–Crippen LogP) is 0.312. The lowest BCUT2D eigenvalue weighted by Crippen LogP contribution is -2.35. The SMILES string of the molecule is NC(=O)c1ccc[n+](CCCl)c1. The van der Waals surface area contributed by atoms with Crippen LogP contribution in [0.2, 0.25) is 0 Å². The Morgan fingerprint density at radius 3 is 3.00 bits per heavy atom. The standard InChI is InChI=1S/C8H9ClN2O/c9-3-5-11-4-1-2-7(6-11)8(10)12/h1-2,4,6H,3,5H2,(H-,10,12)/p+1. The van der Waals surface area contributed by atoms with E-state index in [-0.39, 0.29) is 0 Å². The second-order valence-corrected chi connectivity index (χ2v) is 2.76. The lowest BCUT2D eigenvalue weighted by molar-refractivity contribution is -0.692. The lowest BCUT2D eigenvalue weighted by Gasteiger charge is -1.94. The minimum absolute atomic E-state index is 0.418. The van der Waals surface area contributed by atoms with Crippen molar-refractivity contribution in [1.29, 1.82) is 0 Å². The molecule has 1 rings (SSSR count). The second kappa shape index (κ2) is 4.07. The van der Waals surface area contributed by atoms with Gasteiger partial charge in [-0.25, -0.2) is 4.57 Å². The van der Waals surface area contributed by atoms with Gasteiger partial charge in [-0.1, -0.05) is 0 Å². The molecule has 4 heteroatoms. The molecule has 0 spiro atoms. The number of nitrogens with two attached hydrogens (primary N) is 1. The predicted molar refractivity (Wildman–Crippen MR) is 45.9 cm³/mol. The average molecular weight is 186 g/mol. The number of hydrogen-bond acceptors (Lipinski definition) is 1. The first-order chi connectivity index (χ1) is 5.74. The Kier molecular flexibility index (Phi) is 3.05. The third-order valence-corrected chi connectivity index (χ3v) is 1.65. The summed E-state index contributed by atoms with van der Waals surface area (Å²) in [6.45, 7) is 0.683. The van der Waals surface area contributed by atoms with E-state index in [9.17, 15) is 4.79 Å². The second-order valence-electron chi connectivity index (χ2n) is 2.38. The number of carbonyl (C=O) groups excluding carboxylic acids is 1. The highest BCUT2D eigenvalue weighted by Crippen LogP contribution is 1.91. The summed E-state index contributed by atoms with van der Waals surface area (Å²) < 4.78 is 1.83. The number of carbonyl (C=O) groups is 1. The maximum atomic E-state index is 10.7. The maximum absolute atomic E-state index is 10.7. The lowest BCUT2D eigenvalue weighted by atomic mass is 10.3. The van der Waals surface area contributed by atoms with E-state index in [0.717, 1.165) is 0 Å². The van der Waals surface area contributed by atoms with Crippen LogP contribution in [0.25, 0.3) is 0 Å². The minimum Gasteiger partial charge on any atom is -0.365 e. The van der Waals surface area contributed by atoms with Crippen LogP contribution < -0.4 is 10.3 Å². The monoisotopic (exact) mass is 185 g/mol. The Morgan fingerprint density at radius 1 is 1.67 bits per heavy atom. The van der Waals surface area contributed by atoms with Gasteiger partial charge in [0.1, 0.15) is 5.56 Å². The van der Waals surface area contributed by atoms with E-state index in [1.54, 1.807) is 18.3 Å². The minimum atomic E-state index is -0.418. The zero-order valence-corrected chi connectivity index (χ0v) is 7.29. The molecule has 3 nitrogen and oxygen atoms in total. The van der Waals surface area contributed by atoms with Gasteiger partial charge in [-0.15, -0.1) is 11.6 Å². The van der Waals surface area contributed by atoms with Crippen molar-refractivity contribution in [1.82, 2.24) is 0 Å². The highest BCUT2D eigenvalue weighted by atomic mass is 35.5. The van der Waals surface area contributed by atoms with Gasteiger partial charge in [-0.2, -0.15) is 0 Å². The third-order valence-electron chi connectivity index (χ3n) is 1.49. The Morgan fingerprint density at radius 2 is 2.42 bits per heavy atom. The van der Waals surface area contributed by atoms with Crippen molar-refractivity contribution in [3.05, 3.63) is 30.1 Å². The fraction of sp³-hybridized carbons (Fsp3) is 0.250. The van der Waals surface area contributed by atoms with Crippen molar-refractivity contribution >= 4 is 17.5 Å². The van der Waals surface area contributed by atoms with Gasteiger partial charge in [0.2, 0.25) is 0 Å². The first-order valence-corrected chi connectivity index (χ1v) is 4.12. The van der Waals surface area contributed by atoms with Gasteiger partial charge < -0.3 is 5.73 Å². The first-order valence-electron chi connectivity index (χ1n) is 3.59. The number of amides is 1. The molecule has 0 aliphatic heterocycles. The summed E-state index contributed by atoms with van der Waals surface area (Å²) in [5, 5.41) is 0. The molecule has 1 amide bonds. The van der Waals surface area contributed by atoms with Gasteiger partial charge in [0.05, 0.1) is 5.88 Å². The number of pyridine rings is 1. The van der Waals surface area contributed by atoms with Crippen LogP contribution in [-0.2, 0) is 6.54 Å². The van der Waals surface area contributed by atoms with E-state index in [2.05, 4.69) is 0 Å². The number of halogens is 1. The molecule has 0 radical (unpaired) electrons. The molecule has 0 aliphatic rings. The molecule has 0 atom stereocenters. The van der Waals surface area contributed by atoms with Gasteiger partial charge >= 0.3 is 0 Å². The van der Waals surface area contributed by atoms with Crippen LogP contribution in [0, 0.1) is 0 Å². The Labute approximate surface area is 75.8 Å². The molecule has 0 aromatic carbocycles. The molecule has 64 valence electrons. The summed E-state index contributed by atoms with van der Waals surface area (Å²) in [6, 6.07) is 3.44. The summed E-state index contributed by atoms with van der Waals surface area (Å²) in [4.78, 5) is 10.7. The summed E-state index contributed by atoms with van der Waals surface area (Å²) in [7, 11) is 0. The van der Waals surface area contributed by atoms with Gasteiger partial charge in [0.25, 0.3) is 5.91 Å². The molecule has 12 heavy (non-hydrogen) atoms. The van der Waals surface area contributed by atoms with E-state index in [0.29, 0.717) is 18.0 Å². The number of aryl methyl sites for hydroxylation is 1. The van der Waals surface area contributed by atoms with Crippen molar-refractivity contribution in [2.24, 2.45) is 5.73 Å². The van der Waals surface area contributed by atoms with Gasteiger partial charge in [-0.05, 0) is 6.07 Å². The van der Waals surface area contributed by atoms with Crippen molar-refractivity contribution in [2.45, 2.75) is 6.54 Å². The summed E-state index contributed by atoms with van der Waals surface area (Å²) in [6.07, 6.45) is 3.53. The first kappa shape index (κ1) is 9.00. The molecule has 0 saturated heterocycles. The molecular formula is C8H10ClN2O+. The molecule has 1 heterocycles. The van der Waals surface area contributed by atoms with Gasteiger partial charge in [0, 0.05) is 6.07 Å². The zero-order chi connectivity index (χ0) is 8.97. The van der Waals surface area contributed by atoms with Crippen LogP contribution in [0.3, 0.4) is 0 Å². The van der Waals surface area contributed by atoms with E-state index in [4.69, 9.17) is 17.3 Å². The molecule has 0 aliphatic carbocycles. The van der Waals surface area contributed by atoms with Crippen LogP contribution in [0.1, 0.15) is 10.4 Å². The normalized spacial score (nSPS) is 9.75. The molecule has 0 bridgehead atoms. The van der Waals surface area contributed by atoms with Crippen molar-refractivity contribution in [3.8, 4) is 0 Å². The zero-order valence-electron chi connectivity index (χ0n) is 6.53. The highest BCUT2D eigenvalue weighted by molar-refractivity contribution is 6.17. The average Bonchev–Trinajstić information content (AvgIpc) is 2.05. The number of aromatic nitrogens is 1. The summed E-state index contributed by atoms with van der Waals surface area (Å²) in [5.74, 6) is 0.103. The summed E-state index contributed by atoms with van der Waals surface area (Å²) >= 11 is 5.53. The molecular weight excluding hydrogens is 176 g/mol. The third kappa shape index (κ3) is 2.20. The Hall–Kier alpha value is -1.09. The molecule has 0 unspecified atom stereocenters. The van der Waals surface area contributed by atoms with Crippen molar-refractivity contribution in [2.75, 3.05) is 5.88 Å². The molecule has 0 fully saturated rings. The fourth-order valence-corrected chi connectivity index (χ4v) is 1.10. The molecule has 1 aromatic heterocycles. The topological polar surface area (TPSA) is 47.0 Å². The smallest absolute Gasteiger partial charge is 0.254 e. The van der Waals surface area contributed by atoms with Crippen LogP contribution in [0.4, 0.5) is 0 Å². The Balaban J connectivity index is 2.88. The number of alkyl halides is 1. The van der Waals surface area contributed by atoms with Gasteiger partial charge in [0.15, 0.2) is 18.9 Å². The maximum Gasteiger partial charge on any atom is 0.254 e. The van der Waals surface area contributed by atoms with Crippen LogP contribution in [-0.4, -0.2) is 11.8 Å². The van der Waals surface area contributed by atoms with Gasteiger partial charge in [-0.3, -0.25) is 4.79 Å². The van der Waals surface area contributed by atoms with E-state index in [1.165, 1.54) is 0 Å². The molecule has 2 N–H and O–H groups in total. The van der Waals surface area contributed by atoms with Crippen molar-refractivity contribution < 1.29 is 9.36 Å². The molecule has 0 saturated carbocycles. The largest absolute Gasteiger partial charge is 0.365 e. The number of hydrogen-bond donors (Lipinski definition) is 1. The van der Waals surface area contributed by atoms with Crippen LogP contribution in [0.5, 0.6) is 0 Å². The Bertz CT molecular complexity index is 288. The highest BCUT2D eigenvalue weighted by Gasteiger charge is 2.05.